The van der Waals surface area contributed by atoms with Gasteiger partial charge in [0, 0.05) is 19.6 Å². The molecule has 2 aliphatic rings. The first-order valence-electron chi connectivity index (χ1n) is 8.31. The van der Waals surface area contributed by atoms with Crippen LogP contribution in [-0.2, 0) is 19.4 Å². The first kappa shape index (κ1) is 17.4. The number of rotatable bonds is 5. The van der Waals surface area contributed by atoms with Crippen LogP contribution >= 0.6 is 0 Å². The van der Waals surface area contributed by atoms with Crippen LogP contribution in [0.25, 0.3) is 0 Å². The highest BCUT2D eigenvalue weighted by Gasteiger charge is 2.42. The quantitative estimate of drug-likeness (QED) is 0.848. The number of ether oxygens (including phenoxy) is 1. The van der Waals surface area contributed by atoms with Gasteiger partial charge in [0.2, 0.25) is 5.91 Å². The fraction of sp³-hybridized carbons (Fsp3) is 0.588. The minimum absolute atomic E-state index is 0.0236. The Kier molecular flexibility index (Phi) is 5.22. The van der Waals surface area contributed by atoms with Gasteiger partial charge in [0.1, 0.15) is 0 Å². The molecule has 0 radical (unpaired) electrons. The normalized spacial score (nSPS) is 27.0. The van der Waals surface area contributed by atoms with E-state index in [2.05, 4.69) is 0 Å². The molecule has 3 rings (SSSR count). The van der Waals surface area contributed by atoms with Crippen LogP contribution in [0.3, 0.4) is 0 Å². The Morgan fingerprint density at radius 1 is 1.25 bits per heavy atom. The molecule has 1 aliphatic carbocycles. The molecule has 1 amide bonds. The summed E-state index contributed by atoms with van der Waals surface area (Å²) in [6.07, 6.45) is 1.42. The van der Waals surface area contributed by atoms with Crippen molar-refractivity contribution in [2.24, 2.45) is 5.92 Å². The molecule has 1 unspecified atom stereocenters. The van der Waals surface area contributed by atoms with Crippen LogP contribution in [0, 0.1) is 5.92 Å². The fourth-order valence-electron chi connectivity index (χ4n) is 3.62. The number of morpholine rings is 1. The number of benzene rings is 1. The molecule has 0 aromatic heterocycles. The van der Waals surface area contributed by atoms with Crippen LogP contribution in [0.1, 0.15) is 19.3 Å². The average molecular weight is 353 g/mol. The summed E-state index contributed by atoms with van der Waals surface area (Å²) in [4.78, 5) is 14.6. The van der Waals surface area contributed by atoms with E-state index in [9.17, 15) is 18.3 Å². The smallest absolute Gasteiger partial charge is 0.224 e. The molecule has 2 fully saturated rings. The molecule has 1 saturated heterocycles. The van der Waals surface area contributed by atoms with Crippen LogP contribution in [0.2, 0.25) is 0 Å². The molecular weight excluding hydrogens is 330 g/mol. The van der Waals surface area contributed by atoms with Crippen molar-refractivity contribution in [2.45, 2.75) is 36.3 Å². The SMILES string of the molecule is O=C(CCS(=O)(=O)c1ccccc1)N1CCOC2C[C@H](CO)C[C@@H]21. The van der Waals surface area contributed by atoms with E-state index in [4.69, 9.17) is 4.74 Å². The number of nitrogens with zero attached hydrogens (tertiary/aromatic N) is 1. The zero-order valence-electron chi connectivity index (χ0n) is 13.5. The number of carbonyl (C=O) groups is 1. The molecule has 3 atom stereocenters. The molecule has 24 heavy (non-hydrogen) atoms. The van der Waals surface area contributed by atoms with Gasteiger partial charge in [0.15, 0.2) is 9.84 Å². The third kappa shape index (κ3) is 3.63. The lowest BCUT2D eigenvalue weighted by Gasteiger charge is -2.37. The summed E-state index contributed by atoms with van der Waals surface area (Å²) in [5.74, 6) is -0.179. The number of hydrogen-bond donors (Lipinski definition) is 1. The van der Waals surface area contributed by atoms with Gasteiger partial charge in [-0.05, 0) is 30.9 Å². The molecule has 7 heteroatoms. The predicted molar refractivity (Wildman–Crippen MR) is 88.2 cm³/mol. The monoisotopic (exact) mass is 353 g/mol. The van der Waals surface area contributed by atoms with E-state index >= 15 is 0 Å². The number of fused-ring (bicyclic) bond motifs is 1. The summed E-state index contributed by atoms with van der Waals surface area (Å²) in [6, 6.07) is 8.17. The van der Waals surface area contributed by atoms with Gasteiger partial charge in [0.25, 0.3) is 0 Å². The average Bonchev–Trinajstić information content (AvgIpc) is 3.04. The molecular formula is C17H23NO5S. The van der Waals surface area contributed by atoms with Crippen molar-refractivity contribution in [1.29, 1.82) is 0 Å². The molecule has 0 bridgehead atoms. The summed E-state index contributed by atoms with van der Waals surface area (Å²) in [5, 5.41) is 9.34. The van der Waals surface area contributed by atoms with E-state index in [1.54, 1.807) is 35.2 Å². The molecule has 1 aromatic rings. The van der Waals surface area contributed by atoms with Crippen LogP contribution in [0.5, 0.6) is 0 Å². The number of carbonyl (C=O) groups excluding carboxylic acids is 1. The summed E-state index contributed by atoms with van der Waals surface area (Å²) in [5.41, 5.74) is 0. The van der Waals surface area contributed by atoms with Gasteiger partial charge in [-0.3, -0.25) is 4.79 Å². The van der Waals surface area contributed by atoms with Crippen molar-refractivity contribution >= 4 is 15.7 Å². The Bertz CT molecular complexity index is 675. The van der Waals surface area contributed by atoms with Gasteiger partial charge in [-0.25, -0.2) is 8.42 Å². The maximum atomic E-state index is 12.6. The van der Waals surface area contributed by atoms with E-state index < -0.39 is 9.84 Å². The first-order chi connectivity index (χ1) is 11.5. The molecule has 1 heterocycles. The Morgan fingerprint density at radius 2 is 2.00 bits per heavy atom. The summed E-state index contributed by atoms with van der Waals surface area (Å²) >= 11 is 0. The fourth-order valence-corrected chi connectivity index (χ4v) is 4.87. The Hall–Kier alpha value is -1.44. The lowest BCUT2D eigenvalue weighted by atomic mass is 10.1. The highest BCUT2D eigenvalue weighted by atomic mass is 32.2. The molecule has 0 spiro atoms. The Labute approximate surface area is 142 Å². The molecule has 1 saturated carbocycles. The summed E-state index contributed by atoms with van der Waals surface area (Å²) < 4.78 is 30.3. The number of aliphatic hydroxyl groups excluding tert-OH is 1. The second-order valence-corrected chi connectivity index (χ2v) is 8.57. The highest BCUT2D eigenvalue weighted by Crippen LogP contribution is 2.34. The first-order valence-corrected chi connectivity index (χ1v) is 9.96. The minimum Gasteiger partial charge on any atom is -0.396 e. The lowest BCUT2D eigenvalue weighted by molar-refractivity contribution is -0.143. The number of hydrogen-bond acceptors (Lipinski definition) is 5. The summed E-state index contributed by atoms with van der Waals surface area (Å²) in [6.45, 7) is 1.06. The van der Waals surface area contributed by atoms with Gasteiger partial charge in [-0.15, -0.1) is 0 Å². The zero-order valence-corrected chi connectivity index (χ0v) is 14.3. The van der Waals surface area contributed by atoms with E-state index in [1.807, 2.05) is 0 Å². The maximum Gasteiger partial charge on any atom is 0.224 e. The molecule has 1 aliphatic heterocycles. The van der Waals surface area contributed by atoms with Crippen molar-refractivity contribution in [3.63, 3.8) is 0 Å². The molecule has 1 N–H and O–H groups in total. The standard InChI is InChI=1S/C17H23NO5S/c19-12-13-10-15-16(11-13)23-8-7-18(15)17(20)6-9-24(21,22)14-4-2-1-3-5-14/h1-5,13,15-16,19H,6-12H2/t13-,15+,16?/m1/s1. The van der Waals surface area contributed by atoms with Crippen molar-refractivity contribution in [2.75, 3.05) is 25.5 Å². The van der Waals surface area contributed by atoms with Gasteiger partial charge < -0.3 is 14.7 Å². The molecule has 1 aromatic carbocycles. The lowest BCUT2D eigenvalue weighted by Crippen LogP contribution is -2.51. The van der Waals surface area contributed by atoms with Crippen LogP contribution in [0.4, 0.5) is 0 Å². The topological polar surface area (TPSA) is 83.9 Å². The van der Waals surface area contributed by atoms with E-state index in [1.165, 1.54) is 0 Å². The minimum atomic E-state index is -3.45. The van der Waals surface area contributed by atoms with Gasteiger partial charge in [-0.2, -0.15) is 0 Å². The van der Waals surface area contributed by atoms with Gasteiger partial charge in [-0.1, -0.05) is 18.2 Å². The highest BCUT2D eigenvalue weighted by molar-refractivity contribution is 7.91. The van der Waals surface area contributed by atoms with Crippen molar-refractivity contribution < 1.29 is 23.1 Å². The van der Waals surface area contributed by atoms with Gasteiger partial charge in [0.05, 0.1) is 29.4 Å². The maximum absolute atomic E-state index is 12.6. The largest absolute Gasteiger partial charge is 0.396 e. The number of aliphatic hydroxyl groups is 1. The van der Waals surface area contributed by atoms with E-state index in [0.717, 1.165) is 12.8 Å². The molecule has 6 nitrogen and oxygen atoms in total. The van der Waals surface area contributed by atoms with Crippen LogP contribution in [-0.4, -0.2) is 62.0 Å². The van der Waals surface area contributed by atoms with Crippen LogP contribution in [0.15, 0.2) is 35.2 Å². The van der Waals surface area contributed by atoms with Gasteiger partial charge >= 0.3 is 0 Å². The molecule has 132 valence electrons. The van der Waals surface area contributed by atoms with E-state index in [0.29, 0.717) is 13.2 Å². The number of amides is 1. The van der Waals surface area contributed by atoms with Crippen LogP contribution < -0.4 is 0 Å². The zero-order chi connectivity index (χ0) is 17.2. The van der Waals surface area contributed by atoms with Crippen molar-refractivity contribution in [1.82, 2.24) is 4.90 Å². The van der Waals surface area contributed by atoms with E-state index in [-0.39, 0.29) is 47.6 Å². The second-order valence-electron chi connectivity index (χ2n) is 6.47. The Balaban J connectivity index is 1.63. The number of sulfone groups is 1. The van der Waals surface area contributed by atoms with Crippen molar-refractivity contribution in [3.05, 3.63) is 30.3 Å². The summed E-state index contributed by atoms with van der Waals surface area (Å²) in [7, 11) is -3.45. The Morgan fingerprint density at radius 3 is 2.71 bits per heavy atom. The van der Waals surface area contributed by atoms with Crippen molar-refractivity contribution in [3.8, 4) is 0 Å². The third-order valence-electron chi connectivity index (χ3n) is 4.90. The predicted octanol–water partition coefficient (Wildman–Crippen LogP) is 0.849. The second kappa shape index (κ2) is 7.21. The third-order valence-corrected chi connectivity index (χ3v) is 6.63.